The minimum atomic E-state index is -0.449. The van der Waals surface area contributed by atoms with E-state index in [9.17, 15) is 9.59 Å². The molecule has 0 fully saturated rings. The number of amides is 2. The summed E-state index contributed by atoms with van der Waals surface area (Å²) < 4.78 is 7.77. The van der Waals surface area contributed by atoms with Gasteiger partial charge in [0.1, 0.15) is 17.1 Å². The maximum atomic E-state index is 13.2. The number of aromatic amines is 1. The molecule has 3 aromatic heterocycles. The molecule has 4 heterocycles. The largest absolute Gasteiger partial charge is 0.415 e. The Morgan fingerprint density at radius 1 is 1.00 bits per heavy atom. The number of fused-ring (bicyclic) bond motifs is 2. The van der Waals surface area contributed by atoms with Gasteiger partial charge in [0.05, 0.1) is 11.0 Å². The number of aryl methyl sites for hydroxylation is 1. The van der Waals surface area contributed by atoms with Crippen LogP contribution >= 0.6 is 0 Å². The van der Waals surface area contributed by atoms with Gasteiger partial charge in [-0.3, -0.25) is 14.5 Å². The second-order valence-corrected chi connectivity index (χ2v) is 10.1. The number of H-pyrrole nitrogens is 1. The van der Waals surface area contributed by atoms with Crippen molar-refractivity contribution in [3.05, 3.63) is 71.5 Å². The molecule has 2 aromatic carbocycles. The monoisotopic (exact) mass is 564 g/mol. The van der Waals surface area contributed by atoms with E-state index in [1.807, 2.05) is 51.2 Å². The van der Waals surface area contributed by atoms with E-state index in [1.54, 1.807) is 28.9 Å². The smallest absolute Gasteiger partial charge is 0.405 e. The van der Waals surface area contributed by atoms with Crippen molar-refractivity contribution in [1.29, 1.82) is 0 Å². The fourth-order valence-corrected chi connectivity index (χ4v) is 5.25. The number of pyridine rings is 1. The molecule has 0 atom stereocenters. The first kappa shape index (κ1) is 27.2. The van der Waals surface area contributed by atoms with Crippen LogP contribution in [0.2, 0.25) is 0 Å². The van der Waals surface area contributed by atoms with Crippen LogP contribution in [0.15, 0.2) is 54.7 Å². The Morgan fingerprint density at radius 2 is 1.69 bits per heavy atom. The van der Waals surface area contributed by atoms with Crippen LogP contribution in [0.25, 0.3) is 44.9 Å². The molecule has 214 valence electrons. The molecule has 0 unspecified atom stereocenters. The summed E-state index contributed by atoms with van der Waals surface area (Å²) in [6.07, 6.45) is 1.22. The summed E-state index contributed by atoms with van der Waals surface area (Å²) in [6.45, 7) is 6.51. The van der Waals surface area contributed by atoms with E-state index in [0.29, 0.717) is 41.7 Å². The Balaban J connectivity index is 1.40. The highest BCUT2D eigenvalue weighted by Crippen LogP contribution is 2.39. The topological polar surface area (TPSA) is 130 Å². The number of nitrogens with zero attached hydrogens (tertiary/aromatic N) is 5. The molecule has 1 aliphatic rings. The number of aromatic nitrogens is 5. The predicted octanol–water partition coefficient (Wildman–Crippen LogP) is 4.50. The van der Waals surface area contributed by atoms with Gasteiger partial charge in [0.15, 0.2) is 11.6 Å². The second kappa shape index (κ2) is 11.1. The van der Waals surface area contributed by atoms with Gasteiger partial charge in [0.25, 0.3) is 5.91 Å². The van der Waals surface area contributed by atoms with Gasteiger partial charge in [-0.15, -0.1) is 0 Å². The number of hydrogen-bond acceptors (Lipinski definition) is 7. The fourth-order valence-electron chi connectivity index (χ4n) is 5.25. The molecule has 2 amide bonds. The van der Waals surface area contributed by atoms with Crippen LogP contribution < -0.4 is 15.4 Å². The van der Waals surface area contributed by atoms with E-state index in [0.717, 1.165) is 40.8 Å². The van der Waals surface area contributed by atoms with Crippen LogP contribution in [0.5, 0.6) is 5.75 Å². The zero-order valence-electron chi connectivity index (χ0n) is 24.0. The molecule has 5 aromatic rings. The van der Waals surface area contributed by atoms with Gasteiger partial charge in [0, 0.05) is 57.6 Å². The molecular formula is C31H32N8O3. The van der Waals surface area contributed by atoms with Crippen molar-refractivity contribution in [2.45, 2.75) is 26.9 Å². The molecular weight excluding hydrogens is 532 g/mol. The zero-order chi connectivity index (χ0) is 29.4. The van der Waals surface area contributed by atoms with E-state index < -0.39 is 6.09 Å². The molecule has 6 rings (SSSR count). The number of nitrogens with one attached hydrogen (secondary N) is 3. The van der Waals surface area contributed by atoms with Gasteiger partial charge in [-0.2, -0.15) is 5.10 Å². The van der Waals surface area contributed by atoms with E-state index in [4.69, 9.17) is 14.8 Å². The fraction of sp³-hybridized carbons (Fsp3) is 0.258. The lowest BCUT2D eigenvalue weighted by Crippen LogP contribution is -2.33. The van der Waals surface area contributed by atoms with Gasteiger partial charge in [-0.25, -0.2) is 9.78 Å². The number of carbonyl (C=O) groups excluding carboxylic acids is 2. The van der Waals surface area contributed by atoms with Crippen LogP contribution in [0, 0.1) is 0 Å². The summed E-state index contributed by atoms with van der Waals surface area (Å²) in [5, 5.41) is 10.7. The summed E-state index contributed by atoms with van der Waals surface area (Å²) in [7, 11) is 3.39. The van der Waals surface area contributed by atoms with Gasteiger partial charge in [-0.1, -0.05) is 30.3 Å². The standard InChI is InChI=1S/C31H32N8O3/c1-5-39(6-2)31(41)42-28-26(19-9-7-18(8-10-19)20-11-12-23(34-17-20)30(40)32-3)37-38(4)27(28)29-35-24-13-21-15-33-16-22(21)14-25(24)36-29/h7-14,17,33H,5-6,15-16H2,1-4H3,(H,32,40)(H,35,36). The first-order valence-corrected chi connectivity index (χ1v) is 13.9. The number of carbonyl (C=O) groups is 2. The molecule has 42 heavy (non-hydrogen) atoms. The predicted molar refractivity (Wildman–Crippen MR) is 160 cm³/mol. The Bertz CT molecular complexity index is 1740. The molecule has 0 saturated carbocycles. The zero-order valence-corrected chi connectivity index (χ0v) is 24.0. The Labute approximate surface area is 242 Å². The van der Waals surface area contributed by atoms with Crippen LogP contribution in [-0.2, 0) is 20.1 Å². The lowest BCUT2D eigenvalue weighted by atomic mass is 10.0. The molecule has 0 radical (unpaired) electrons. The highest BCUT2D eigenvalue weighted by atomic mass is 16.6. The molecule has 1 aliphatic heterocycles. The Hall–Kier alpha value is -5.03. The normalized spacial score (nSPS) is 12.4. The number of hydrogen-bond donors (Lipinski definition) is 3. The first-order valence-electron chi connectivity index (χ1n) is 13.9. The van der Waals surface area contributed by atoms with Crippen LogP contribution in [-0.4, -0.2) is 61.8 Å². The lowest BCUT2D eigenvalue weighted by molar-refractivity contribution is 0.0958. The third-order valence-corrected chi connectivity index (χ3v) is 7.59. The summed E-state index contributed by atoms with van der Waals surface area (Å²) in [4.78, 5) is 39.2. The third-order valence-electron chi connectivity index (χ3n) is 7.59. The van der Waals surface area contributed by atoms with E-state index in [2.05, 4.69) is 32.7 Å². The summed E-state index contributed by atoms with van der Waals surface area (Å²) in [5.41, 5.74) is 8.27. The van der Waals surface area contributed by atoms with Gasteiger partial charge in [-0.05, 0) is 48.7 Å². The number of rotatable bonds is 7. The van der Waals surface area contributed by atoms with Gasteiger partial charge < -0.3 is 25.3 Å². The van der Waals surface area contributed by atoms with Gasteiger partial charge in [0.2, 0.25) is 0 Å². The van der Waals surface area contributed by atoms with Crippen molar-refractivity contribution in [2.24, 2.45) is 7.05 Å². The van der Waals surface area contributed by atoms with Crippen molar-refractivity contribution in [2.75, 3.05) is 20.1 Å². The summed E-state index contributed by atoms with van der Waals surface area (Å²) in [5.74, 6) is 0.677. The minimum absolute atomic E-state index is 0.236. The maximum Gasteiger partial charge on any atom is 0.415 e. The van der Waals surface area contributed by atoms with E-state index in [-0.39, 0.29) is 5.91 Å². The second-order valence-electron chi connectivity index (χ2n) is 10.1. The van der Waals surface area contributed by atoms with E-state index in [1.165, 1.54) is 11.1 Å². The summed E-state index contributed by atoms with van der Waals surface area (Å²) >= 11 is 0. The van der Waals surface area contributed by atoms with E-state index >= 15 is 0 Å². The molecule has 0 bridgehead atoms. The van der Waals surface area contributed by atoms with Crippen molar-refractivity contribution in [3.63, 3.8) is 0 Å². The average molecular weight is 565 g/mol. The lowest BCUT2D eigenvalue weighted by Gasteiger charge is -2.18. The first-order chi connectivity index (χ1) is 20.4. The molecule has 0 spiro atoms. The SMILES string of the molecule is CCN(CC)C(=O)Oc1c(-c2ccc(-c3ccc(C(=O)NC)nc3)cc2)nn(C)c1-c1nc2cc3c(cc2[nH]1)CNC3. The van der Waals surface area contributed by atoms with Crippen LogP contribution in [0.4, 0.5) is 4.79 Å². The number of ether oxygens (including phenoxy) is 1. The van der Waals surface area contributed by atoms with Crippen molar-refractivity contribution in [1.82, 2.24) is 40.3 Å². The highest BCUT2D eigenvalue weighted by molar-refractivity contribution is 5.92. The van der Waals surface area contributed by atoms with Crippen LogP contribution in [0.1, 0.15) is 35.5 Å². The van der Waals surface area contributed by atoms with Crippen molar-refractivity contribution < 1.29 is 14.3 Å². The molecule has 11 nitrogen and oxygen atoms in total. The molecule has 3 N–H and O–H groups in total. The maximum absolute atomic E-state index is 13.2. The summed E-state index contributed by atoms with van der Waals surface area (Å²) in [6, 6.07) is 15.5. The molecule has 0 saturated heterocycles. The van der Waals surface area contributed by atoms with Crippen molar-refractivity contribution >= 4 is 23.0 Å². The highest BCUT2D eigenvalue weighted by Gasteiger charge is 2.27. The number of benzene rings is 2. The molecule has 11 heteroatoms. The molecule has 0 aliphatic carbocycles. The quantitative estimate of drug-likeness (QED) is 0.265. The van der Waals surface area contributed by atoms with Gasteiger partial charge >= 0.3 is 6.09 Å². The Kier molecular flexibility index (Phi) is 7.17. The van der Waals surface area contributed by atoms with Crippen LogP contribution in [0.3, 0.4) is 0 Å². The minimum Gasteiger partial charge on any atom is -0.405 e. The third kappa shape index (κ3) is 4.88. The average Bonchev–Trinajstić information content (AvgIpc) is 3.72. The Morgan fingerprint density at radius 3 is 2.36 bits per heavy atom. The number of imidazole rings is 1. The van der Waals surface area contributed by atoms with Crippen molar-refractivity contribution in [3.8, 4) is 39.7 Å².